The highest BCUT2D eigenvalue weighted by atomic mass is 16.4. The number of rotatable bonds is 9. The molecule has 1 aliphatic heterocycles. The molecule has 0 spiro atoms. The molecule has 0 aromatic heterocycles. The molecular weight excluding hydrogens is 370 g/mol. The van der Waals surface area contributed by atoms with Crippen molar-refractivity contribution < 1.29 is 34.8 Å². The number of nitrogens with one attached hydrogen (secondary N) is 1. The minimum Gasteiger partial charge on any atom is -0.481 e. The highest BCUT2D eigenvalue weighted by Crippen LogP contribution is 2.29. The van der Waals surface area contributed by atoms with Crippen molar-refractivity contribution in [1.29, 1.82) is 0 Å². The van der Waals surface area contributed by atoms with Gasteiger partial charge in [-0.05, 0) is 19.8 Å². The molecule has 1 saturated heterocycles. The predicted molar refractivity (Wildman–Crippen MR) is 98.4 cm³/mol. The second kappa shape index (κ2) is 11.0. The van der Waals surface area contributed by atoms with Crippen molar-refractivity contribution >= 4 is 17.8 Å². The van der Waals surface area contributed by atoms with Gasteiger partial charge in [-0.15, -0.1) is 12.3 Å². The minimum absolute atomic E-state index is 0.158. The maximum absolute atomic E-state index is 12.8. The molecule has 1 heterocycles. The van der Waals surface area contributed by atoms with Crippen molar-refractivity contribution in [2.75, 3.05) is 6.54 Å². The zero-order valence-corrected chi connectivity index (χ0v) is 15.8. The number of hydrogen-bond donors (Lipinski definition) is 6. The molecule has 0 radical (unpaired) electrons. The van der Waals surface area contributed by atoms with Gasteiger partial charge in [-0.1, -0.05) is 6.42 Å². The first-order chi connectivity index (χ1) is 13.2. The predicted octanol–water partition coefficient (Wildman–Crippen LogP) is -2.01. The average Bonchev–Trinajstić information content (AvgIpc) is 2.63. The number of amides is 2. The number of carbonyl (C=O) groups is 3. The van der Waals surface area contributed by atoms with Gasteiger partial charge in [-0.25, -0.2) is 0 Å². The minimum atomic E-state index is -1.87. The van der Waals surface area contributed by atoms with Gasteiger partial charge >= 0.3 is 5.97 Å². The molecule has 0 aliphatic carbocycles. The largest absolute Gasteiger partial charge is 0.481 e. The van der Waals surface area contributed by atoms with Crippen molar-refractivity contribution in [3.8, 4) is 12.3 Å². The van der Waals surface area contributed by atoms with Gasteiger partial charge in [0.1, 0.15) is 18.1 Å². The van der Waals surface area contributed by atoms with Crippen LogP contribution in [-0.2, 0) is 14.4 Å². The molecule has 2 amide bonds. The molecule has 28 heavy (non-hydrogen) atoms. The van der Waals surface area contributed by atoms with E-state index in [0.717, 1.165) is 17.7 Å². The van der Waals surface area contributed by atoms with Crippen LogP contribution in [0, 0.1) is 18.3 Å². The summed E-state index contributed by atoms with van der Waals surface area (Å²) in [5, 5.41) is 41.8. The molecule has 1 aliphatic rings. The summed E-state index contributed by atoms with van der Waals surface area (Å²) in [6, 6.07) is -2.33. The van der Waals surface area contributed by atoms with Crippen molar-refractivity contribution in [3.05, 3.63) is 0 Å². The Morgan fingerprint density at radius 2 is 1.82 bits per heavy atom. The molecule has 1 fully saturated rings. The number of nitrogens with two attached hydrogens (primary N) is 1. The van der Waals surface area contributed by atoms with Crippen LogP contribution < -0.4 is 11.1 Å². The molecule has 0 aromatic rings. The van der Waals surface area contributed by atoms with Gasteiger partial charge in [-0.2, -0.15) is 0 Å². The maximum atomic E-state index is 12.8. The molecule has 10 nitrogen and oxygen atoms in total. The first-order valence-electron chi connectivity index (χ1n) is 9.19. The van der Waals surface area contributed by atoms with Crippen LogP contribution in [0.25, 0.3) is 0 Å². The number of carboxylic acid groups (broad SMARTS) is 1. The molecule has 158 valence electrons. The lowest BCUT2D eigenvalue weighted by Crippen LogP contribution is -2.68. The average molecular weight is 399 g/mol. The third kappa shape index (κ3) is 5.65. The number of aliphatic carboxylic acids is 1. The first kappa shape index (κ1) is 23.8. The SMILES string of the molecule is C#CCCCCCC(=O)NC(CN)C(=O)N1C(C)C(C(=O)O)C(O)C(O)C1O. The van der Waals surface area contributed by atoms with E-state index in [2.05, 4.69) is 11.2 Å². The summed E-state index contributed by atoms with van der Waals surface area (Å²) in [4.78, 5) is 37.0. The summed E-state index contributed by atoms with van der Waals surface area (Å²) in [6.07, 6.45) is 2.60. The Bertz CT molecular complexity index is 606. The number of terminal acetylenes is 1. The number of hydrogen-bond acceptors (Lipinski definition) is 7. The number of carbonyl (C=O) groups excluding carboxylic acids is 2. The zero-order chi connectivity index (χ0) is 21.4. The lowest BCUT2D eigenvalue weighted by Gasteiger charge is -2.47. The van der Waals surface area contributed by atoms with Crippen LogP contribution in [0.3, 0.4) is 0 Å². The number of likely N-dealkylation sites (tertiary alicyclic amines) is 1. The first-order valence-corrected chi connectivity index (χ1v) is 9.19. The van der Waals surface area contributed by atoms with Crippen molar-refractivity contribution in [2.24, 2.45) is 11.7 Å². The van der Waals surface area contributed by atoms with Crippen LogP contribution in [0.2, 0.25) is 0 Å². The van der Waals surface area contributed by atoms with Crippen molar-refractivity contribution in [2.45, 2.75) is 69.5 Å². The van der Waals surface area contributed by atoms with E-state index in [1.165, 1.54) is 6.92 Å². The van der Waals surface area contributed by atoms with Crippen LogP contribution in [0.4, 0.5) is 0 Å². The summed E-state index contributed by atoms with van der Waals surface area (Å²) < 4.78 is 0. The Morgan fingerprint density at radius 3 is 2.36 bits per heavy atom. The standard InChI is InChI=1S/C18H29N3O7/c1-3-4-5-6-7-8-12(22)20-11(9-19)16(25)21-10(2)13(18(27)28)14(23)15(24)17(21)26/h1,10-11,13-15,17,23-24,26H,4-9,19H2,2H3,(H,20,22)(H,27,28). The third-order valence-corrected chi connectivity index (χ3v) is 4.90. The maximum Gasteiger partial charge on any atom is 0.311 e. The number of unbranched alkanes of at least 4 members (excludes halogenated alkanes) is 3. The second-order valence-corrected chi connectivity index (χ2v) is 6.87. The molecule has 10 heteroatoms. The molecule has 1 rings (SSSR count). The Balaban J connectivity index is 2.80. The number of piperidine rings is 1. The van der Waals surface area contributed by atoms with Gasteiger partial charge in [0.15, 0.2) is 6.23 Å². The van der Waals surface area contributed by atoms with E-state index in [9.17, 15) is 34.8 Å². The molecule has 0 aromatic carbocycles. The van der Waals surface area contributed by atoms with E-state index in [-0.39, 0.29) is 13.0 Å². The highest BCUT2D eigenvalue weighted by Gasteiger charge is 2.51. The summed E-state index contributed by atoms with van der Waals surface area (Å²) in [6.45, 7) is 1.05. The number of nitrogens with zero attached hydrogens (tertiary/aromatic N) is 1. The smallest absolute Gasteiger partial charge is 0.311 e. The van der Waals surface area contributed by atoms with Gasteiger partial charge in [0.05, 0.1) is 6.10 Å². The van der Waals surface area contributed by atoms with E-state index in [1.54, 1.807) is 0 Å². The summed E-state index contributed by atoms with van der Waals surface area (Å²) in [5.41, 5.74) is 5.58. The quantitative estimate of drug-likeness (QED) is 0.190. The van der Waals surface area contributed by atoms with Gasteiger partial charge in [0.25, 0.3) is 0 Å². The Hall–Kier alpha value is -2.19. The van der Waals surface area contributed by atoms with E-state index in [0.29, 0.717) is 12.8 Å². The Morgan fingerprint density at radius 1 is 1.18 bits per heavy atom. The van der Waals surface area contributed by atoms with Gasteiger partial charge < -0.3 is 36.4 Å². The molecule has 6 atom stereocenters. The monoisotopic (exact) mass is 399 g/mol. The molecule has 6 unspecified atom stereocenters. The van der Waals surface area contributed by atoms with Crippen LogP contribution in [0.15, 0.2) is 0 Å². The van der Waals surface area contributed by atoms with E-state index >= 15 is 0 Å². The van der Waals surface area contributed by atoms with Gasteiger partial charge in [0, 0.05) is 25.4 Å². The molecule has 7 N–H and O–H groups in total. The topological polar surface area (TPSA) is 173 Å². The summed E-state index contributed by atoms with van der Waals surface area (Å²) in [5.74, 6) is -1.68. The zero-order valence-electron chi connectivity index (χ0n) is 15.8. The van der Waals surface area contributed by atoms with Gasteiger partial charge in [-0.3, -0.25) is 14.4 Å². The van der Waals surface area contributed by atoms with E-state index < -0.39 is 54.2 Å². The van der Waals surface area contributed by atoms with Crippen LogP contribution >= 0.6 is 0 Å². The fraction of sp³-hybridized carbons (Fsp3) is 0.722. The number of aliphatic hydroxyl groups is 3. The van der Waals surface area contributed by atoms with Crippen LogP contribution in [0.5, 0.6) is 0 Å². The Labute approximate surface area is 163 Å². The van der Waals surface area contributed by atoms with Crippen LogP contribution in [0.1, 0.15) is 39.0 Å². The van der Waals surface area contributed by atoms with Crippen LogP contribution in [-0.4, -0.2) is 80.2 Å². The van der Waals surface area contributed by atoms with Crippen molar-refractivity contribution in [1.82, 2.24) is 10.2 Å². The summed E-state index contributed by atoms with van der Waals surface area (Å²) in [7, 11) is 0. The Kier molecular flexibility index (Phi) is 9.34. The molecular formula is C18H29N3O7. The number of carboxylic acids is 1. The normalized spacial score (nSPS) is 28.3. The molecule has 0 saturated carbocycles. The highest BCUT2D eigenvalue weighted by molar-refractivity contribution is 5.89. The number of aliphatic hydroxyl groups excluding tert-OH is 3. The summed E-state index contributed by atoms with van der Waals surface area (Å²) >= 11 is 0. The lowest BCUT2D eigenvalue weighted by atomic mass is 9.84. The van der Waals surface area contributed by atoms with E-state index in [1.807, 2.05) is 0 Å². The van der Waals surface area contributed by atoms with E-state index in [4.69, 9.17) is 12.2 Å². The van der Waals surface area contributed by atoms with Gasteiger partial charge in [0.2, 0.25) is 11.8 Å². The van der Waals surface area contributed by atoms with Crippen molar-refractivity contribution in [3.63, 3.8) is 0 Å². The molecule has 0 bridgehead atoms. The third-order valence-electron chi connectivity index (χ3n) is 4.90. The second-order valence-electron chi connectivity index (χ2n) is 6.87. The fourth-order valence-corrected chi connectivity index (χ4v) is 3.29. The lowest BCUT2D eigenvalue weighted by molar-refractivity contribution is -0.208. The fourth-order valence-electron chi connectivity index (χ4n) is 3.29.